The van der Waals surface area contributed by atoms with Crippen LogP contribution in [0.15, 0.2) is 23.3 Å². The predicted octanol–water partition coefficient (Wildman–Crippen LogP) is 4.11. The molecule has 1 aromatic heterocycles. The van der Waals surface area contributed by atoms with E-state index in [-0.39, 0.29) is 36.3 Å². The number of nitrogens with one attached hydrogen (secondary N) is 2. The van der Waals surface area contributed by atoms with Gasteiger partial charge in [0.2, 0.25) is 0 Å². The topological polar surface area (TPSA) is 49.3 Å². The highest BCUT2D eigenvalue weighted by Gasteiger charge is 2.13. The van der Waals surface area contributed by atoms with Crippen LogP contribution in [0.4, 0.5) is 4.39 Å². The summed E-state index contributed by atoms with van der Waals surface area (Å²) in [6.07, 6.45) is 3.78. The van der Waals surface area contributed by atoms with Crippen molar-refractivity contribution in [1.82, 2.24) is 15.6 Å². The van der Waals surface area contributed by atoms with Gasteiger partial charge in [-0.1, -0.05) is 20.8 Å². The summed E-state index contributed by atoms with van der Waals surface area (Å²) in [5.74, 6) is 0.386. The SMILES string of the molecule is CCNC(=NCc1ncccc1F)NC(C)CCC(C)(C)C.I. The lowest BCUT2D eigenvalue weighted by molar-refractivity contribution is 0.346. The minimum absolute atomic E-state index is 0. The molecule has 1 unspecified atom stereocenters. The summed E-state index contributed by atoms with van der Waals surface area (Å²) in [6, 6.07) is 3.30. The van der Waals surface area contributed by atoms with Crippen LogP contribution in [0.1, 0.15) is 53.2 Å². The molecular formula is C17H30FIN4. The maximum absolute atomic E-state index is 13.6. The highest BCUT2D eigenvalue weighted by molar-refractivity contribution is 14.0. The van der Waals surface area contributed by atoms with Gasteiger partial charge in [-0.3, -0.25) is 4.98 Å². The molecule has 0 aliphatic heterocycles. The summed E-state index contributed by atoms with van der Waals surface area (Å²) in [4.78, 5) is 8.44. The molecule has 23 heavy (non-hydrogen) atoms. The van der Waals surface area contributed by atoms with Crippen molar-refractivity contribution in [3.05, 3.63) is 29.8 Å². The van der Waals surface area contributed by atoms with Crippen molar-refractivity contribution in [2.24, 2.45) is 10.4 Å². The molecule has 0 radical (unpaired) electrons. The van der Waals surface area contributed by atoms with E-state index in [4.69, 9.17) is 0 Å². The largest absolute Gasteiger partial charge is 0.357 e. The van der Waals surface area contributed by atoms with Crippen molar-refractivity contribution < 1.29 is 4.39 Å². The Morgan fingerprint density at radius 1 is 1.39 bits per heavy atom. The number of guanidine groups is 1. The first kappa shape index (κ1) is 22.1. The van der Waals surface area contributed by atoms with E-state index in [0.717, 1.165) is 19.4 Å². The van der Waals surface area contributed by atoms with Gasteiger partial charge < -0.3 is 10.6 Å². The lowest BCUT2D eigenvalue weighted by Crippen LogP contribution is -2.42. The van der Waals surface area contributed by atoms with Crippen molar-refractivity contribution >= 4 is 29.9 Å². The van der Waals surface area contributed by atoms with Gasteiger partial charge in [-0.05, 0) is 44.2 Å². The van der Waals surface area contributed by atoms with Crippen molar-refractivity contribution in [2.45, 2.75) is 60.0 Å². The third kappa shape index (κ3) is 9.73. The lowest BCUT2D eigenvalue weighted by Gasteiger charge is -2.23. The van der Waals surface area contributed by atoms with Crippen molar-refractivity contribution in [2.75, 3.05) is 6.54 Å². The second-order valence-corrected chi connectivity index (χ2v) is 6.77. The molecule has 6 heteroatoms. The third-order valence-electron chi connectivity index (χ3n) is 3.28. The fraction of sp³-hybridized carbons (Fsp3) is 0.647. The monoisotopic (exact) mass is 436 g/mol. The van der Waals surface area contributed by atoms with Gasteiger partial charge >= 0.3 is 0 Å². The standard InChI is InChI=1S/C17H29FN4.HI/c1-6-19-16(22-13(2)9-10-17(3,4)5)21-12-15-14(18)8-7-11-20-15;/h7-8,11,13H,6,9-10,12H2,1-5H3,(H2,19,21,22);1H. The van der Waals surface area contributed by atoms with Crippen molar-refractivity contribution in [3.63, 3.8) is 0 Å². The van der Waals surface area contributed by atoms with Crippen molar-refractivity contribution in [1.29, 1.82) is 0 Å². The van der Waals surface area contributed by atoms with Crippen molar-refractivity contribution in [3.8, 4) is 0 Å². The van der Waals surface area contributed by atoms with Gasteiger partial charge in [0.05, 0.1) is 12.2 Å². The molecule has 0 spiro atoms. The van der Waals surface area contributed by atoms with Gasteiger partial charge in [-0.15, -0.1) is 24.0 Å². The van der Waals surface area contributed by atoms with E-state index in [9.17, 15) is 4.39 Å². The van der Waals surface area contributed by atoms with E-state index in [2.05, 4.69) is 48.3 Å². The van der Waals surface area contributed by atoms with Gasteiger partial charge in [-0.2, -0.15) is 0 Å². The minimum atomic E-state index is -0.317. The molecule has 1 rings (SSSR count). The maximum atomic E-state index is 13.6. The first-order valence-electron chi connectivity index (χ1n) is 7.96. The Morgan fingerprint density at radius 2 is 2.09 bits per heavy atom. The Morgan fingerprint density at radius 3 is 2.65 bits per heavy atom. The highest BCUT2D eigenvalue weighted by Crippen LogP contribution is 2.21. The number of nitrogens with zero attached hydrogens (tertiary/aromatic N) is 2. The quantitative estimate of drug-likeness (QED) is 0.401. The number of halogens is 2. The van der Waals surface area contributed by atoms with E-state index in [0.29, 0.717) is 23.1 Å². The molecule has 2 N–H and O–H groups in total. The molecule has 0 saturated carbocycles. The molecule has 1 aromatic rings. The summed E-state index contributed by atoms with van der Waals surface area (Å²) in [5, 5.41) is 6.56. The van der Waals surface area contributed by atoms with Gasteiger partial charge in [0, 0.05) is 18.8 Å². The summed E-state index contributed by atoms with van der Waals surface area (Å²) < 4.78 is 13.6. The van der Waals surface area contributed by atoms with Crippen LogP contribution in [0.3, 0.4) is 0 Å². The van der Waals surface area contributed by atoms with Gasteiger partial charge in [0.25, 0.3) is 0 Å². The van der Waals surface area contributed by atoms with Gasteiger partial charge in [0.15, 0.2) is 5.96 Å². The Balaban J connectivity index is 0.00000484. The normalized spacial score (nSPS) is 13.2. The molecular weight excluding hydrogens is 406 g/mol. The molecule has 0 bridgehead atoms. The summed E-state index contributed by atoms with van der Waals surface area (Å²) in [5.41, 5.74) is 0.685. The van der Waals surface area contributed by atoms with E-state index < -0.39 is 0 Å². The van der Waals surface area contributed by atoms with E-state index in [1.165, 1.54) is 6.07 Å². The fourth-order valence-electron chi connectivity index (χ4n) is 1.96. The fourth-order valence-corrected chi connectivity index (χ4v) is 1.96. The smallest absolute Gasteiger partial charge is 0.191 e. The van der Waals surface area contributed by atoms with Crippen LogP contribution < -0.4 is 10.6 Å². The number of hydrogen-bond donors (Lipinski definition) is 2. The molecule has 0 fully saturated rings. The summed E-state index contributed by atoms with van der Waals surface area (Å²) in [6.45, 7) is 11.9. The number of rotatable bonds is 6. The predicted molar refractivity (Wildman–Crippen MR) is 106 cm³/mol. The Kier molecular flexibility index (Phi) is 10.3. The van der Waals surface area contributed by atoms with Crippen LogP contribution in [0.25, 0.3) is 0 Å². The molecule has 0 saturated heterocycles. The van der Waals surface area contributed by atoms with E-state index >= 15 is 0 Å². The number of aromatic nitrogens is 1. The average Bonchev–Trinajstić information content (AvgIpc) is 2.43. The molecule has 132 valence electrons. The second-order valence-electron chi connectivity index (χ2n) is 6.77. The van der Waals surface area contributed by atoms with Crippen LogP contribution in [0, 0.1) is 11.2 Å². The van der Waals surface area contributed by atoms with E-state index in [1.54, 1.807) is 12.3 Å². The van der Waals surface area contributed by atoms with Crippen LogP contribution >= 0.6 is 24.0 Å². The first-order chi connectivity index (χ1) is 10.3. The molecule has 0 aliphatic carbocycles. The zero-order valence-corrected chi connectivity index (χ0v) is 17.1. The number of hydrogen-bond acceptors (Lipinski definition) is 2. The molecule has 0 aromatic carbocycles. The molecule has 1 atom stereocenters. The highest BCUT2D eigenvalue weighted by atomic mass is 127. The number of pyridine rings is 1. The Hall–Kier alpha value is -0.920. The zero-order chi connectivity index (χ0) is 16.6. The molecule has 1 heterocycles. The Labute approximate surface area is 156 Å². The van der Waals surface area contributed by atoms with Crippen LogP contribution in [0.5, 0.6) is 0 Å². The van der Waals surface area contributed by atoms with Crippen LogP contribution in [-0.4, -0.2) is 23.5 Å². The summed E-state index contributed by atoms with van der Waals surface area (Å²) >= 11 is 0. The first-order valence-corrected chi connectivity index (χ1v) is 7.96. The summed E-state index contributed by atoms with van der Waals surface area (Å²) in [7, 11) is 0. The molecule has 0 aliphatic rings. The third-order valence-corrected chi connectivity index (χ3v) is 3.28. The van der Waals surface area contributed by atoms with E-state index in [1.807, 2.05) is 6.92 Å². The maximum Gasteiger partial charge on any atom is 0.191 e. The molecule has 4 nitrogen and oxygen atoms in total. The average molecular weight is 436 g/mol. The molecule has 0 amide bonds. The lowest BCUT2D eigenvalue weighted by atomic mass is 9.89. The Bertz CT molecular complexity index is 486. The van der Waals surface area contributed by atoms with Gasteiger partial charge in [-0.25, -0.2) is 9.38 Å². The number of aliphatic imine (C=N–C) groups is 1. The zero-order valence-electron chi connectivity index (χ0n) is 14.8. The van der Waals surface area contributed by atoms with Crippen LogP contribution in [0.2, 0.25) is 0 Å². The van der Waals surface area contributed by atoms with Gasteiger partial charge in [0.1, 0.15) is 5.82 Å². The second kappa shape index (κ2) is 10.8. The minimum Gasteiger partial charge on any atom is -0.357 e. The van der Waals surface area contributed by atoms with Crippen LogP contribution in [-0.2, 0) is 6.54 Å².